The molecule has 1 unspecified atom stereocenters. The van der Waals surface area contributed by atoms with Gasteiger partial charge in [0.2, 0.25) is 0 Å². The molecular formula is C15H16Cl3NOS. The number of thiophene rings is 1. The molecule has 2 heterocycles. The summed E-state index contributed by atoms with van der Waals surface area (Å²) >= 11 is 13.8. The largest absolute Gasteiger partial charge is 0.485 e. The molecule has 114 valence electrons. The summed E-state index contributed by atoms with van der Waals surface area (Å²) in [6, 6.07) is 7.62. The number of fused-ring (bicyclic) bond motifs is 1. The van der Waals surface area contributed by atoms with Gasteiger partial charge in [0.25, 0.3) is 0 Å². The summed E-state index contributed by atoms with van der Waals surface area (Å²) in [6.07, 6.45) is 1.07. The maximum absolute atomic E-state index is 6.14. The van der Waals surface area contributed by atoms with Crippen LogP contribution in [0.15, 0.2) is 29.6 Å². The molecule has 1 aromatic carbocycles. The van der Waals surface area contributed by atoms with Gasteiger partial charge in [0.05, 0.1) is 10.0 Å². The third kappa shape index (κ3) is 3.85. The van der Waals surface area contributed by atoms with Gasteiger partial charge < -0.3 is 9.64 Å². The smallest absolute Gasteiger partial charge is 0.134 e. The van der Waals surface area contributed by atoms with Gasteiger partial charge >= 0.3 is 0 Å². The van der Waals surface area contributed by atoms with Crippen LogP contribution >= 0.6 is 46.9 Å². The Morgan fingerprint density at radius 1 is 1.24 bits per heavy atom. The van der Waals surface area contributed by atoms with Gasteiger partial charge in [0.1, 0.15) is 11.9 Å². The summed E-state index contributed by atoms with van der Waals surface area (Å²) in [5.41, 5.74) is 1.36. The third-order valence-electron chi connectivity index (χ3n) is 3.46. The van der Waals surface area contributed by atoms with E-state index in [1.807, 2.05) is 6.07 Å². The third-order valence-corrected chi connectivity index (χ3v) is 5.25. The Hall–Kier alpha value is -0.450. The number of halogens is 3. The predicted octanol–water partition coefficient (Wildman–Crippen LogP) is 5.43. The number of hydrogen-bond donors (Lipinski definition) is 0. The van der Waals surface area contributed by atoms with Crippen molar-refractivity contribution in [1.82, 2.24) is 4.90 Å². The summed E-state index contributed by atoms with van der Waals surface area (Å²) in [4.78, 5) is 3.64. The normalized spacial score (nSPS) is 18.5. The molecule has 1 aromatic heterocycles. The summed E-state index contributed by atoms with van der Waals surface area (Å²) in [5.74, 6) is 0.772. The second kappa shape index (κ2) is 7.21. The first-order valence-electron chi connectivity index (χ1n) is 6.50. The fraction of sp³-hybridized carbons (Fsp3) is 0.333. The van der Waals surface area contributed by atoms with E-state index in [-0.39, 0.29) is 18.5 Å². The molecule has 1 atom stereocenters. The maximum atomic E-state index is 6.14. The van der Waals surface area contributed by atoms with Gasteiger partial charge in [-0.25, -0.2) is 0 Å². The fourth-order valence-corrected chi connectivity index (χ4v) is 3.69. The first-order valence-corrected chi connectivity index (χ1v) is 8.13. The first-order chi connectivity index (χ1) is 9.63. The minimum absolute atomic E-state index is 0. The van der Waals surface area contributed by atoms with Crippen LogP contribution in [0.1, 0.15) is 23.0 Å². The lowest BCUT2D eigenvalue weighted by atomic mass is 10.1. The number of ether oxygens (including phenoxy) is 1. The highest BCUT2D eigenvalue weighted by Gasteiger charge is 2.23. The Labute approximate surface area is 145 Å². The van der Waals surface area contributed by atoms with E-state index < -0.39 is 0 Å². The Morgan fingerprint density at radius 2 is 2.05 bits per heavy atom. The molecule has 1 aliphatic heterocycles. The van der Waals surface area contributed by atoms with Crippen LogP contribution in [0.25, 0.3) is 0 Å². The molecule has 0 saturated heterocycles. The van der Waals surface area contributed by atoms with Gasteiger partial charge in [-0.2, -0.15) is 0 Å². The van der Waals surface area contributed by atoms with E-state index in [1.54, 1.807) is 23.5 Å². The van der Waals surface area contributed by atoms with Gasteiger partial charge in [0.15, 0.2) is 0 Å². The van der Waals surface area contributed by atoms with Crippen LogP contribution in [0.4, 0.5) is 0 Å². The monoisotopic (exact) mass is 363 g/mol. The number of hydrogen-bond acceptors (Lipinski definition) is 3. The number of benzene rings is 1. The van der Waals surface area contributed by atoms with E-state index >= 15 is 0 Å². The molecule has 2 aromatic rings. The molecule has 1 aliphatic rings. The van der Waals surface area contributed by atoms with Crippen molar-refractivity contribution < 1.29 is 4.74 Å². The summed E-state index contributed by atoms with van der Waals surface area (Å²) < 4.78 is 6.14. The molecule has 6 heteroatoms. The molecule has 0 N–H and O–H groups in total. The highest BCUT2D eigenvalue weighted by atomic mass is 35.5. The molecule has 3 rings (SSSR count). The average molecular weight is 365 g/mol. The van der Waals surface area contributed by atoms with Crippen LogP contribution < -0.4 is 4.74 Å². The molecule has 21 heavy (non-hydrogen) atoms. The van der Waals surface area contributed by atoms with Crippen molar-refractivity contribution in [3.05, 3.63) is 50.1 Å². The minimum Gasteiger partial charge on any atom is -0.485 e. The summed E-state index contributed by atoms with van der Waals surface area (Å²) in [7, 11) is 2.14. The molecular weight excluding hydrogens is 349 g/mol. The fourth-order valence-electron chi connectivity index (χ4n) is 2.43. The van der Waals surface area contributed by atoms with Crippen LogP contribution in [0.2, 0.25) is 10.0 Å². The van der Waals surface area contributed by atoms with Crippen molar-refractivity contribution in [3.63, 3.8) is 0 Å². The van der Waals surface area contributed by atoms with Gasteiger partial charge in [-0.1, -0.05) is 23.2 Å². The van der Waals surface area contributed by atoms with Crippen molar-refractivity contribution in [2.75, 3.05) is 13.6 Å². The SMILES string of the molecule is CN1CCC(Oc2ccc(Cl)c(Cl)c2)c2sccc2C1.Cl. The molecule has 0 fully saturated rings. The van der Waals surface area contributed by atoms with Gasteiger partial charge in [0, 0.05) is 30.5 Å². The zero-order valence-electron chi connectivity index (χ0n) is 11.5. The first kappa shape index (κ1) is 16.9. The quantitative estimate of drug-likeness (QED) is 0.704. The van der Waals surface area contributed by atoms with Crippen LogP contribution in [0.3, 0.4) is 0 Å². The molecule has 0 spiro atoms. The van der Waals surface area contributed by atoms with Gasteiger partial charge in [-0.05, 0) is 36.2 Å². The number of nitrogens with zero attached hydrogens (tertiary/aromatic N) is 1. The summed E-state index contributed by atoms with van der Waals surface area (Å²) in [6.45, 7) is 2.01. The van der Waals surface area contributed by atoms with Crippen molar-refractivity contribution in [1.29, 1.82) is 0 Å². The Kier molecular flexibility index (Phi) is 5.81. The Morgan fingerprint density at radius 3 is 2.81 bits per heavy atom. The van der Waals surface area contributed by atoms with Gasteiger partial charge in [-0.3, -0.25) is 0 Å². The van der Waals surface area contributed by atoms with Crippen LogP contribution in [0.5, 0.6) is 5.75 Å². The van der Waals surface area contributed by atoms with E-state index in [1.165, 1.54) is 10.4 Å². The Bertz CT molecular complexity index is 617. The zero-order valence-corrected chi connectivity index (χ0v) is 14.7. The molecule has 0 bridgehead atoms. The summed E-state index contributed by atoms with van der Waals surface area (Å²) in [5, 5.41) is 3.22. The lowest BCUT2D eigenvalue weighted by Crippen LogP contribution is -2.18. The molecule has 0 aliphatic carbocycles. The van der Waals surface area contributed by atoms with Crippen molar-refractivity contribution in [2.24, 2.45) is 0 Å². The van der Waals surface area contributed by atoms with Crippen LogP contribution in [0, 0.1) is 0 Å². The standard InChI is InChI=1S/C15H15Cl2NOS.ClH/c1-18-6-4-14(15-10(9-18)5-7-20-15)19-11-2-3-12(16)13(17)8-11;/h2-3,5,7-8,14H,4,6,9H2,1H3;1H. The average Bonchev–Trinajstić information content (AvgIpc) is 2.81. The van der Waals surface area contributed by atoms with Crippen LogP contribution in [-0.2, 0) is 6.54 Å². The highest BCUT2D eigenvalue weighted by molar-refractivity contribution is 7.10. The second-order valence-corrected chi connectivity index (χ2v) is 6.78. The molecule has 0 saturated carbocycles. The molecule has 2 nitrogen and oxygen atoms in total. The van der Waals surface area contributed by atoms with Crippen molar-refractivity contribution in [2.45, 2.75) is 19.1 Å². The highest BCUT2D eigenvalue weighted by Crippen LogP contribution is 2.35. The van der Waals surface area contributed by atoms with E-state index in [9.17, 15) is 0 Å². The van der Waals surface area contributed by atoms with Crippen molar-refractivity contribution >= 4 is 46.9 Å². The van der Waals surface area contributed by atoms with Crippen LogP contribution in [-0.4, -0.2) is 18.5 Å². The molecule has 0 amide bonds. The predicted molar refractivity (Wildman–Crippen MR) is 92.3 cm³/mol. The van der Waals surface area contributed by atoms with E-state index in [0.717, 1.165) is 25.3 Å². The van der Waals surface area contributed by atoms with E-state index in [2.05, 4.69) is 23.4 Å². The van der Waals surface area contributed by atoms with Crippen molar-refractivity contribution in [3.8, 4) is 5.75 Å². The number of rotatable bonds is 2. The lowest BCUT2D eigenvalue weighted by Gasteiger charge is -2.18. The maximum Gasteiger partial charge on any atom is 0.134 e. The second-order valence-electron chi connectivity index (χ2n) is 5.02. The van der Waals surface area contributed by atoms with E-state index in [4.69, 9.17) is 27.9 Å². The minimum atomic E-state index is 0. The molecule has 0 radical (unpaired) electrons. The Balaban J connectivity index is 0.00000161. The van der Waals surface area contributed by atoms with Gasteiger partial charge in [-0.15, -0.1) is 23.7 Å². The topological polar surface area (TPSA) is 12.5 Å². The lowest BCUT2D eigenvalue weighted by molar-refractivity contribution is 0.185. The van der Waals surface area contributed by atoms with E-state index in [0.29, 0.717) is 10.0 Å². The zero-order chi connectivity index (χ0) is 14.1.